The first-order chi connectivity index (χ1) is 13.5. The molecule has 0 radical (unpaired) electrons. The summed E-state index contributed by atoms with van der Waals surface area (Å²) < 4.78 is 31.7. The Bertz CT molecular complexity index is 321. The molecule has 0 heterocycles. The lowest BCUT2D eigenvalue weighted by Crippen LogP contribution is -2.65. The van der Waals surface area contributed by atoms with Gasteiger partial charge in [0.25, 0.3) is 0 Å². The molecular weight excluding hydrogens is 380 g/mol. The second-order valence-electron chi connectivity index (χ2n) is 5.89. The van der Waals surface area contributed by atoms with Gasteiger partial charge in [-0.2, -0.15) is 0 Å². The Morgan fingerprint density at radius 3 is 1.46 bits per heavy atom. The Labute approximate surface area is 165 Å². The Hall–Kier alpha value is -0.440. The number of hydrogen-bond acceptors (Lipinski definition) is 11. The molecule has 0 bridgehead atoms. The first kappa shape index (κ1) is 27.6. The smallest absolute Gasteiger partial charge is 0.149 e. The van der Waals surface area contributed by atoms with Crippen molar-refractivity contribution in [3.63, 3.8) is 0 Å². The summed E-state index contributed by atoms with van der Waals surface area (Å²) in [4.78, 5) is 0. The van der Waals surface area contributed by atoms with Crippen molar-refractivity contribution in [3.05, 3.63) is 0 Å². The summed E-state index contributed by atoms with van der Waals surface area (Å²) in [5, 5.41) is 48.6. The fourth-order valence-electron chi connectivity index (χ4n) is 2.55. The molecule has 0 fully saturated rings. The molecule has 5 N–H and O–H groups in total. The Morgan fingerprint density at radius 1 is 0.714 bits per heavy atom. The van der Waals surface area contributed by atoms with Gasteiger partial charge in [0.2, 0.25) is 0 Å². The van der Waals surface area contributed by atoms with Crippen LogP contribution in [0.2, 0.25) is 0 Å². The summed E-state index contributed by atoms with van der Waals surface area (Å²) in [5.41, 5.74) is -2.06. The maximum Gasteiger partial charge on any atom is 0.149 e. The molecule has 0 spiro atoms. The molecule has 0 aromatic heterocycles. The molecule has 170 valence electrons. The lowest BCUT2D eigenvalue weighted by molar-refractivity contribution is -0.250. The summed E-state index contributed by atoms with van der Waals surface area (Å²) >= 11 is 0. The average molecular weight is 416 g/mol. The zero-order valence-electron chi connectivity index (χ0n) is 16.7. The van der Waals surface area contributed by atoms with Gasteiger partial charge in [-0.05, 0) is 0 Å². The van der Waals surface area contributed by atoms with Gasteiger partial charge in [-0.1, -0.05) is 0 Å². The Balaban J connectivity index is 5.20. The van der Waals surface area contributed by atoms with Crippen LogP contribution in [0.4, 0.5) is 0 Å². The van der Waals surface area contributed by atoms with E-state index in [9.17, 15) is 15.3 Å². The van der Waals surface area contributed by atoms with Crippen molar-refractivity contribution in [2.45, 2.75) is 23.9 Å². The van der Waals surface area contributed by atoms with Gasteiger partial charge in [0.15, 0.2) is 0 Å². The zero-order chi connectivity index (χ0) is 21.3. The predicted molar refractivity (Wildman–Crippen MR) is 97.1 cm³/mol. The maximum absolute atomic E-state index is 11.3. The van der Waals surface area contributed by atoms with Gasteiger partial charge in [0.1, 0.15) is 23.9 Å². The predicted octanol–water partition coefficient (Wildman–Crippen LogP) is -2.85. The van der Waals surface area contributed by atoms with Crippen LogP contribution in [0, 0.1) is 0 Å². The quantitative estimate of drug-likeness (QED) is 0.130. The summed E-state index contributed by atoms with van der Waals surface area (Å²) in [6.07, 6.45) is -3.75. The van der Waals surface area contributed by atoms with Crippen molar-refractivity contribution in [1.29, 1.82) is 0 Å². The second-order valence-corrected chi connectivity index (χ2v) is 5.89. The summed E-state index contributed by atoms with van der Waals surface area (Å²) in [5.74, 6) is 0. The van der Waals surface area contributed by atoms with Crippen molar-refractivity contribution >= 4 is 0 Å². The maximum atomic E-state index is 11.3. The van der Waals surface area contributed by atoms with Crippen LogP contribution in [0.5, 0.6) is 0 Å². The third kappa shape index (κ3) is 9.85. The highest BCUT2D eigenvalue weighted by Crippen LogP contribution is 2.27. The molecule has 0 saturated heterocycles. The van der Waals surface area contributed by atoms with Crippen LogP contribution >= 0.6 is 0 Å². The van der Waals surface area contributed by atoms with E-state index in [-0.39, 0.29) is 66.1 Å². The van der Waals surface area contributed by atoms with Crippen LogP contribution < -0.4 is 0 Å². The van der Waals surface area contributed by atoms with Gasteiger partial charge in [0.05, 0.1) is 72.7 Å². The third-order valence-corrected chi connectivity index (χ3v) is 3.94. The second kappa shape index (κ2) is 17.4. The highest BCUT2D eigenvalue weighted by molar-refractivity contribution is 5.01. The minimum absolute atomic E-state index is 0.0494. The number of hydrogen-bond donors (Lipinski definition) is 5. The van der Waals surface area contributed by atoms with Crippen molar-refractivity contribution in [2.75, 3.05) is 86.9 Å². The monoisotopic (exact) mass is 416 g/mol. The minimum atomic E-state index is -2.06. The topological polar surface area (TPSA) is 157 Å². The first-order valence-electron chi connectivity index (χ1n) is 9.12. The van der Waals surface area contributed by atoms with Gasteiger partial charge in [-0.15, -0.1) is 0 Å². The first-order valence-corrected chi connectivity index (χ1v) is 9.12. The van der Waals surface area contributed by atoms with Gasteiger partial charge in [-0.25, -0.2) is 0 Å². The molecule has 0 aromatic rings. The highest BCUT2D eigenvalue weighted by atomic mass is 16.6. The van der Waals surface area contributed by atoms with Crippen molar-refractivity contribution < 1.29 is 54.0 Å². The molecule has 11 nitrogen and oxygen atoms in total. The van der Waals surface area contributed by atoms with Crippen molar-refractivity contribution in [2.24, 2.45) is 0 Å². The van der Waals surface area contributed by atoms with Crippen molar-refractivity contribution in [3.8, 4) is 0 Å². The van der Waals surface area contributed by atoms with Crippen LogP contribution in [0.25, 0.3) is 0 Å². The van der Waals surface area contributed by atoms with Gasteiger partial charge in [-0.3, -0.25) is 0 Å². The molecule has 0 amide bonds. The van der Waals surface area contributed by atoms with Crippen LogP contribution in [-0.4, -0.2) is 136 Å². The van der Waals surface area contributed by atoms with Crippen LogP contribution in [-0.2, 0) is 28.4 Å². The average Bonchev–Trinajstić information content (AvgIpc) is 2.70. The largest absolute Gasteiger partial charge is 0.394 e. The summed E-state index contributed by atoms with van der Waals surface area (Å²) in [7, 11) is 2.80. The lowest BCUT2D eigenvalue weighted by Gasteiger charge is -2.43. The molecule has 3 atom stereocenters. The molecule has 0 rings (SSSR count). The van der Waals surface area contributed by atoms with Crippen molar-refractivity contribution in [1.82, 2.24) is 0 Å². The molecular formula is C17H36O11. The van der Waals surface area contributed by atoms with E-state index in [1.54, 1.807) is 0 Å². The minimum Gasteiger partial charge on any atom is -0.394 e. The molecule has 0 aliphatic carbocycles. The molecule has 0 aliphatic heterocycles. The van der Waals surface area contributed by atoms with E-state index in [2.05, 4.69) is 0 Å². The van der Waals surface area contributed by atoms with E-state index in [0.717, 1.165) is 0 Å². The third-order valence-electron chi connectivity index (χ3n) is 3.94. The van der Waals surface area contributed by atoms with Gasteiger partial charge < -0.3 is 54.0 Å². The Kier molecular flexibility index (Phi) is 17.1. The zero-order valence-corrected chi connectivity index (χ0v) is 16.7. The standard InChI is InChI=1S/C17H36O11/c1-23-12-15(27-9-7-25-5-3-18)17(22,14(21)11-20)16(13-24-2)28-10-8-26-6-4-19/h14-16,18-22H,3-13H2,1-2H3. The molecule has 28 heavy (non-hydrogen) atoms. The summed E-state index contributed by atoms with van der Waals surface area (Å²) in [6, 6.07) is 0. The molecule has 0 aliphatic rings. The van der Waals surface area contributed by atoms with Crippen LogP contribution in [0.3, 0.4) is 0 Å². The van der Waals surface area contributed by atoms with E-state index < -0.39 is 30.5 Å². The lowest BCUT2D eigenvalue weighted by atomic mass is 9.84. The highest BCUT2D eigenvalue weighted by Gasteiger charge is 2.51. The van der Waals surface area contributed by atoms with E-state index >= 15 is 0 Å². The van der Waals surface area contributed by atoms with E-state index in [1.165, 1.54) is 14.2 Å². The Morgan fingerprint density at radius 2 is 1.14 bits per heavy atom. The molecule has 0 aromatic carbocycles. The summed E-state index contributed by atoms with van der Waals surface area (Å²) in [6.45, 7) is -0.513. The fourth-order valence-corrected chi connectivity index (χ4v) is 2.55. The van der Waals surface area contributed by atoms with E-state index in [1.807, 2.05) is 0 Å². The fraction of sp³-hybridized carbons (Fsp3) is 1.00. The van der Waals surface area contributed by atoms with Gasteiger partial charge in [0, 0.05) is 14.2 Å². The molecule has 0 saturated carbocycles. The van der Waals surface area contributed by atoms with Gasteiger partial charge >= 0.3 is 0 Å². The number of ether oxygens (including phenoxy) is 6. The molecule has 11 heteroatoms. The molecule has 3 unspecified atom stereocenters. The van der Waals surface area contributed by atoms with E-state index in [0.29, 0.717) is 0 Å². The normalized spacial score (nSPS) is 17.2. The number of aliphatic hydroxyl groups is 5. The number of rotatable bonds is 20. The van der Waals surface area contributed by atoms with Crippen LogP contribution in [0.1, 0.15) is 0 Å². The number of methoxy groups -OCH3 is 2. The SMILES string of the molecule is COCC(OCCOCCO)C(O)(C(O)CO)C(COC)OCCOCCO. The van der Waals surface area contributed by atoms with E-state index in [4.69, 9.17) is 38.6 Å². The van der Waals surface area contributed by atoms with Crippen LogP contribution in [0.15, 0.2) is 0 Å². The number of aliphatic hydroxyl groups excluding tert-OH is 4.